The monoisotopic (exact) mass is 853 g/mol. The van der Waals surface area contributed by atoms with Crippen molar-refractivity contribution in [3.8, 4) is 95.1 Å². The van der Waals surface area contributed by atoms with Crippen molar-refractivity contribution in [3.05, 3.63) is 261 Å². The Morgan fingerprint density at radius 1 is 0.254 bits per heavy atom. The van der Waals surface area contributed by atoms with Gasteiger partial charge in [-0.1, -0.05) is 218 Å². The molecule has 0 aliphatic rings. The summed E-state index contributed by atoms with van der Waals surface area (Å²) in [5.41, 5.74) is 19.9. The average molecular weight is 854 g/mol. The van der Waals surface area contributed by atoms with E-state index in [1.165, 1.54) is 44.5 Å². The highest BCUT2D eigenvalue weighted by Crippen LogP contribution is 2.40. The van der Waals surface area contributed by atoms with E-state index < -0.39 is 0 Å². The molecule has 0 atom stereocenters. The molecule has 0 aliphatic heterocycles. The fraction of sp³-hybridized carbons (Fsp3) is 0. The van der Waals surface area contributed by atoms with Crippen LogP contribution in [0.25, 0.3) is 117 Å². The molecule has 67 heavy (non-hydrogen) atoms. The average Bonchev–Trinajstić information content (AvgIpc) is 3.76. The van der Waals surface area contributed by atoms with Crippen molar-refractivity contribution < 1.29 is 0 Å². The minimum Gasteiger partial charge on any atom is -0.294 e. The van der Waals surface area contributed by atoms with Gasteiger partial charge in [0.1, 0.15) is 5.65 Å². The number of benzene rings is 10. The Morgan fingerprint density at radius 2 is 0.597 bits per heavy atom. The van der Waals surface area contributed by atoms with E-state index in [0.717, 1.165) is 66.7 Å². The van der Waals surface area contributed by atoms with Crippen LogP contribution < -0.4 is 0 Å². The number of aromatic nitrogens is 3. The van der Waals surface area contributed by atoms with E-state index >= 15 is 0 Å². The molecule has 0 radical (unpaired) electrons. The first-order chi connectivity index (χ1) is 33.2. The van der Waals surface area contributed by atoms with Crippen LogP contribution in [0.15, 0.2) is 261 Å². The summed E-state index contributed by atoms with van der Waals surface area (Å²) >= 11 is 0. The second kappa shape index (κ2) is 17.2. The van der Waals surface area contributed by atoms with Crippen LogP contribution in [0.2, 0.25) is 0 Å². The topological polar surface area (TPSA) is 30.7 Å². The molecule has 10 aromatic carbocycles. The number of para-hydroxylation sites is 2. The molecule has 0 N–H and O–H groups in total. The Hall–Kier alpha value is -8.92. The normalized spacial score (nSPS) is 11.3. The Kier molecular flexibility index (Phi) is 10.2. The van der Waals surface area contributed by atoms with Crippen molar-refractivity contribution in [1.29, 1.82) is 0 Å². The molecule has 0 fully saturated rings. The summed E-state index contributed by atoms with van der Waals surface area (Å²) in [5.74, 6) is 0.670. The minimum atomic E-state index is 0.670. The third kappa shape index (κ3) is 7.69. The highest BCUT2D eigenvalue weighted by Gasteiger charge is 2.21. The van der Waals surface area contributed by atoms with Crippen LogP contribution in [0.3, 0.4) is 0 Å². The molecule has 0 spiro atoms. The summed E-state index contributed by atoms with van der Waals surface area (Å²) < 4.78 is 2.28. The zero-order valence-corrected chi connectivity index (χ0v) is 36.7. The lowest BCUT2D eigenvalue weighted by Crippen LogP contribution is -1.99. The van der Waals surface area contributed by atoms with Crippen LogP contribution in [0.4, 0.5) is 0 Å². The summed E-state index contributed by atoms with van der Waals surface area (Å²) in [4.78, 5) is 11.0. The van der Waals surface area contributed by atoms with Crippen molar-refractivity contribution in [2.45, 2.75) is 0 Å². The molecular weight excluding hydrogens is 811 g/mol. The van der Waals surface area contributed by atoms with Crippen LogP contribution in [-0.2, 0) is 0 Å². The van der Waals surface area contributed by atoms with Crippen LogP contribution >= 0.6 is 0 Å². The van der Waals surface area contributed by atoms with Gasteiger partial charge in [-0.2, -0.15) is 0 Å². The summed E-state index contributed by atoms with van der Waals surface area (Å²) in [6, 6.07) is 93.0. The van der Waals surface area contributed by atoms with Crippen LogP contribution in [-0.4, -0.2) is 14.5 Å². The zero-order chi connectivity index (χ0) is 44.5. The van der Waals surface area contributed by atoms with Crippen molar-refractivity contribution in [1.82, 2.24) is 14.5 Å². The van der Waals surface area contributed by atoms with Crippen molar-refractivity contribution in [2.24, 2.45) is 0 Å². The van der Waals surface area contributed by atoms with Gasteiger partial charge in [0, 0.05) is 22.2 Å². The van der Waals surface area contributed by atoms with Gasteiger partial charge in [0.2, 0.25) is 0 Å². The second-order valence-corrected chi connectivity index (χ2v) is 17.0. The maximum atomic E-state index is 5.54. The number of hydrogen-bond acceptors (Lipinski definition) is 2. The van der Waals surface area contributed by atoms with Crippen molar-refractivity contribution >= 4 is 21.9 Å². The van der Waals surface area contributed by atoms with E-state index in [9.17, 15) is 0 Å². The number of rotatable bonds is 9. The number of fused-ring (bicyclic) bond motifs is 3. The van der Waals surface area contributed by atoms with Gasteiger partial charge >= 0.3 is 0 Å². The first-order valence-corrected chi connectivity index (χ1v) is 22.8. The van der Waals surface area contributed by atoms with Gasteiger partial charge < -0.3 is 0 Å². The van der Waals surface area contributed by atoms with Crippen LogP contribution in [0.1, 0.15) is 0 Å². The highest BCUT2D eigenvalue weighted by atomic mass is 15.1. The first kappa shape index (κ1) is 39.7. The molecule has 3 nitrogen and oxygen atoms in total. The summed E-state index contributed by atoms with van der Waals surface area (Å²) in [6.45, 7) is 0. The van der Waals surface area contributed by atoms with E-state index in [0.29, 0.717) is 5.82 Å². The smallest absolute Gasteiger partial charge is 0.162 e. The molecule has 12 aromatic rings. The van der Waals surface area contributed by atoms with E-state index in [-0.39, 0.29) is 0 Å². The van der Waals surface area contributed by atoms with Crippen molar-refractivity contribution in [2.75, 3.05) is 0 Å². The molecule has 0 aliphatic carbocycles. The summed E-state index contributed by atoms with van der Waals surface area (Å²) in [6.07, 6.45) is 0. The maximum absolute atomic E-state index is 5.54. The lowest BCUT2D eigenvalue weighted by atomic mass is 9.95. The summed E-state index contributed by atoms with van der Waals surface area (Å²) in [7, 11) is 0. The highest BCUT2D eigenvalue weighted by molar-refractivity contribution is 6.14. The fourth-order valence-corrected chi connectivity index (χ4v) is 9.44. The Labute approximate surface area is 390 Å². The molecule has 3 heteroatoms. The Balaban J connectivity index is 0.961. The van der Waals surface area contributed by atoms with Gasteiger partial charge in [0.25, 0.3) is 0 Å². The lowest BCUT2D eigenvalue weighted by Gasteiger charge is -2.13. The predicted octanol–water partition coefficient (Wildman–Crippen LogP) is 16.9. The van der Waals surface area contributed by atoms with Gasteiger partial charge in [0.15, 0.2) is 5.82 Å². The molecule has 314 valence electrons. The van der Waals surface area contributed by atoms with E-state index in [1.807, 2.05) is 0 Å². The van der Waals surface area contributed by atoms with E-state index in [2.05, 4.69) is 265 Å². The third-order valence-electron chi connectivity index (χ3n) is 12.8. The van der Waals surface area contributed by atoms with Crippen LogP contribution in [0, 0.1) is 0 Å². The SMILES string of the molecule is c1ccc(-c2ccc(-c3cccc(-c4cccc(-c5nc(-c6cccc(-c7cccc(-c8ccc(-c9ccccc9)cc8)c7)c6)c6c7ccccc7n(-c7ccccc7)c6n5)c4)c3)cc2)cc1. The molecular formula is C64H43N3. The van der Waals surface area contributed by atoms with Crippen LogP contribution in [0.5, 0.6) is 0 Å². The standard InChI is InChI=1S/C64H43N3/c1-4-16-44(17-5-1)46-32-36-48(37-33-46)50-20-12-22-52(40-50)54-24-14-26-56(42-54)62-61-59-30-10-11-31-60(59)67(58-28-8-3-9-29-58)64(61)66-63(65-62)57-27-15-25-55(43-57)53-23-13-21-51(41-53)49-38-34-47(35-39-49)45-18-6-2-7-19-45/h1-43H. The minimum absolute atomic E-state index is 0.670. The molecule has 2 aromatic heterocycles. The molecule has 12 rings (SSSR count). The van der Waals surface area contributed by atoms with E-state index in [4.69, 9.17) is 9.97 Å². The van der Waals surface area contributed by atoms with Gasteiger partial charge in [-0.15, -0.1) is 0 Å². The lowest BCUT2D eigenvalue weighted by molar-refractivity contribution is 1.11. The summed E-state index contributed by atoms with van der Waals surface area (Å²) in [5, 5.41) is 2.13. The molecule has 0 unspecified atom stereocenters. The second-order valence-electron chi connectivity index (χ2n) is 17.0. The van der Waals surface area contributed by atoms with Gasteiger partial charge in [-0.05, 0) is 109 Å². The predicted molar refractivity (Wildman–Crippen MR) is 280 cm³/mol. The molecule has 0 saturated carbocycles. The van der Waals surface area contributed by atoms with Gasteiger partial charge in [-0.3, -0.25) is 4.57 Å². The molecule has 0 bridgehead atoms. The third-order valence-corrected chi connectivity index (χ3v) is 12.8. The number of hydrogen-bond donors (Lipinski definition) is 0. The van der Waals surface area contributed by atoms with Gasteiger partial charge in [0.05, 0.1) is 16.6 Å². The number of nitrogens with zero attached hydrogens (tertiary/aromatic N) is 3. The van der Waals surface area contributed by atoms with Gasteiger partial charge in [-0.25, -0.2) is 9.97 Å². The van der Waals surface area contributed by atoms with E-state index in [1.54, 1.807) is 0 Å². The Morgan fingerprint density at radius 3 is 1.10 bits per heavy atom. The Bertz CT molecular complexity index is 3710. The molecule has 2 heterocycles. The van der Waals surface area contributed by atoms with Crippen molar-refractivity contribution in [3.63, 3.8) is 0 Å². The zero-order valence-electron chi connectivity index (χ0n) is 36.7. The first-order valence-electron chi connectivity index (χ1n) is 22.8. The molecule has 0 saturated heterocycles. The largest absolute Gasteiger partial charge is 0.294 e. The maximum Gasteiger partial charge on any atom is 0.162 e. The molecule has 0 amide bonds. The fourth-order valence-electron chi connectivity index (χ4n) is 9.44. The quantitative estimate of drug-likeness (QED) is 0.145.